The molecular weight excluding hydrogens is 397 g/mol. The molecule has 10 nitrogen and oxygen atoms in total. The van der Waals surface area contributed by atoms with Crippen molar-refractivity contribution in [3.8, 4) is 0 Å². The van der Waals surface area contributed by atoms with Crippen LogP contribution in [0.3, 0.4) is 0 Å². The summed E-state index contributed by atoms with van der Waals surface area (Å²) in [4.78, 5) is 22.2. The molecular formula is C10H12IN5O5. The lowest BCUT2D eigenvalue weighted by Gasteiger charge is -2.17. The summed E-state index contributed by atoms with van der Waals surface area (Å²) in [7, 11) is 0. The van der Waals surface area contributed by atoms with Gasteiger partial charge in [0.2, 0.25) is 5.95 Å². The molecule has 3 heterocycles. The van der Waals surface area contributed by atoms with Gasteiger partial charge in [-0.05, 0) is 0 Å². The van der Waals surface area contributed by atoms with Gasteiger partial charge in [-0.2, -0.15) is 4.98 Å². The van der Waals surface area contributed by atoms with Crippen molar-refractivity contribution in [1.82, 2.24) is 19.5 Å². The lowest BCUT2D eigenvalue weighted by atomic mass is 10.1. The van der Waals surface area contributed by atoms with E-state index in [-0.39, 0.29) is 17.1 Å². The number of nitrogens with zero attached hydrogens (tertiary/aromatic N) is 3. The van der Waals surface area contributed by atoms with Gasteiger partial charge in [-0.15, -0.1) is 0 Å². The van der Waals surface area contributed by atoms with Crippen molar-refractivity contribution in [1.29, 1.82) is 0 Å². The molecule has 0 bridgehead atoms. The highest BCUT2D eigenvalue weighted by Gasteiger charge is 2.44. The highest BCUT2D eigenvalue weighted by Crippen LogP contribution is 2.32. The van der Waals surface area contributed by atoms with Gasteiger partial charge in [0.25, 0.3) is 5.56 Å². The Labute approximate surface area is 130 Å². The molecule has 1 aliphatic rings. The van der Waals surface area contributed by atoms with E-state index in [0.717, 1.165) is 0 Å². The minimum absolute atomic E-state index is 0.0475. The molecule has 11 heteroatoms. The molecule has 0 aliphatic carbocycles. The Morgan fingerprint density at radius 2 is 2.10 bits per heavy atom. The number of aliphatic hydroxyl groups excluding tert-OH is 3. The summed E-state index contributed by atoms with van der Waals surface area (Å²) in [6, 6.07) is 0. The van der Waals surface area contributed by atoms with Crippen LogP contribution in [0.25, 0.3) is 11.2 Å². The number of ether oxygens (including phenoxy) is 1. The number of nitrogens with two attached hydrogens (primary N) is 1. The molecule has 2 aromatic rings. The Balaban J connectivity index is 2.17. The number of aliphatic hydroxyl groups is 3. The standard InChI is InChI=1S/C10H12IN5O5/c11-9-13-3-6(14-10(12)15-7(3)20)16(9)8-5(19)4(18)2(1-17)21-8/h2,4-5,8,17-19H,1H2,(H3,12,14,15,20)/t2-,4+,5-,8+/m0/s1. The van der Waals surface area contributed by atoms with E-state index in [2.05, 4.69) is 15.0 Å². The Kier molecular flexibility index (Phi) is 3.61. The molecule has 0 amide bonds. The van der Waals surface area contributed by atoms with Gasteiger partial charge in [0.15, 0.2) is 21.2 Å². The number of fused-ring (bicyclic) bond motifs is 1. The van der Waals surface area contributed by atoms with Gasteiger partial charge >= 0.3 is 0 Å². The number of anilines is 1. The van der Waals surface area contributed by atoms with Gasteiger partial charge in [0.1, 0.15) is 18.3 Å². The Bertz CT molecular complexity index is 745. The van der Waals surface area contributed by atoms with Crippen molar-refractivity contribution in [2.24, 2.45) is 0 Å². The minimum atomic E-state index is -1.30. The van der Waals surface area contributed by atoms with E-state index in [1.165, 1.54) is 4.57 Å². The summed E-state index contributed by atoms with van der Waals surface area (Å²) in [5.74, 6) is -0.100. The zero-order valence-corrected chi connectivity index (χ0v) is 12.6. The van der Waals surface area contributed by atoms with Crippen LogP contribution in [0, 0.1) is 3.83 Å². The lowest BCUT2D eigenvalue weighted by Crippen LogP contribution is -2.33. The number of hydrogen-bond acceptors (Lipinski definition) is 8. The number of aromatic nitrogens is 4. The Morgan fingerprint density at radius 3 is 2.71 bits per heavy atom. The molecule has 114 valence electrons. The predicted octanol–water partition coefficient (Wildman–Crippen LogP) is -2.08. The van der Waals surface area contributed by atoms with Crippen molar-refractivity contribution >= 4 is 39.7 Å². The van der Waals surface area contributed by atoms with Gasteiger partial charge in [0.05, 0.1) is 6.61 Å². The van der Waals surface area contributed by atoms with Crippen molar-refractivity contribution in [3.05, 3.63) is 14.2 Å². The predicted molar refractivity (Wildman–Crippen MR) is 78.3 cm³/mol. The first-order chi connectivity index (χ1) is 9.93. The van der Waals surface area contributed by atoms with E-state index in [1.54, 1.807) is 0 Å². The van der Waals surface area contributed by atoms with Gasteiger partial charge in [-0.25, -0.2) is 4.98 Å². The monoisotopic (exact) mass is 409 g/mol. The summed E-state index contributed by atoms with van der Waals surface area (Å²) in [5.41, 5.74) is 5.18. The van der Waals surface area contributed by atoms with Crippen LogP contribution in [-0.4, -0.2) is 59.8 Å². The summed E-state index contributed by atoms with van der Waals surface area (Å²) >= 11 is 1.85. The molecule has 21 heavy (non-hydrogen) atoms. The third-order valence-electron chi connectivity index (χ3n) is 3.30. The summed E-state index contributed by atoms with van der Waals surface area (Å²) in [6.45, 7) is -0.450. The smallest absolute Gasteiger partial charge is 0.280 e. The molecule has 2 aromatic heterocycles. The van der Waals surface area contributed by atoms with Gasteiger partial charge < -0.3 is 25.8 Å². The third kappa shape index (κ3) is 2.20. The van der Waals surface area contributed by atoms with Crippen molar-refractivity contribution in [2.45, 2.75) is 24.5 Å². The number of imidazole rings is 1. The fourth-order valence-electron chi connectivity index (χ4n) is 2.29. The topological polar surface area (TPSA) is 160 Å². The average molecular weight is 409 g/mol. The van der Waals surface area contributed by atoms with Crippen LogP contribution < -0.4 is 11.3 Å². The number of aromatic amines is 1. The summed E-state index contributed by atoms with van der Waals surface area (Å²) in [5, 5.41) is 29.0. The number of rotatable bonds is 2. The molecule has 3 rings (SSSR count). The quantitative estimate of drug-likeness (QED) is 0.279. The van der Waals surface area contributed by atoms with E-state index >= 15 is 0 Å². The van der Waals surface area contributed by atoms with Crippen LogP contribution in [0.5, 0.6) is 0 Å². The van der Waals surface area contributed by atoms with Gasteiger partial charge in [-0.1, -0.05) is 0 Å². The lowest BCUT2D eigenvalue weighted by molar-refractivity contribution is -0.0522. The number of H-pyrrole nitrogens is 1. The van der Waals surface area contributed by atoms with Crippen molar-refractivity contribution < 1.29 is 20.1 Å². The van der Waals surface area contributed by atoms with Crippen molar-refractivity contribution in [3.63, 3.8) is 0 Å². The highest BCUT2D eigenvalue weighted by atomic mass is 127. The first-order valence-corrected chi connectivity index (χ1v) is 7.07. The summed E-state index contributed by atoms with van der Waals surface area (Å²) in [6.07, 6.45) is -4.51. The molecule has 6 N–H and O–H groups in total. The van der Waals surface area contributed by atoms with Crippen LogP contribution in [0.15, 0.2) is 4.79 Å². The van der Waals surface area contributed by atoms with Crippen molar-refractivity contribution in [2.75, 3.05) is 12.3 Å². The number of nitrogen functional groups attached to an aromatic ring is 1. The second-order valence-corrected chi connectivity index (χ2v) is 5.57. The number of halogens is 1. The molecule has 0 spiro atoms. The van der Waals surface area contributed by atoms with Gasteiger partial charge in [-0.3, -0.25) is 14.3 Å². The minimum Gasteiger partial charge on any atom is -0.394 e. The highest BCUT2D eigenvalue weighted by molar-refractivity contribution is 14.1. The van der Waals surface area contributed by atoms with E-state index < -0.39 is 36.7 Å². The van der Waals surface area contributed by atoms with E-state index in [9.17, 15) is 15.0 Å². The maximum atomic E-state index is 11.8. The number of hydrogen-bond donors (Lipinski definition) is 5. The number of nitrogens with one attached hydrogen (secondary N) is 1. The second kappa shape index (κ2) is 5.17. The molecule has 0 radical (unpaired) electrons. The molecule has 0 saturated carbocycles. The SMILES string of the molecule is Nc1nc2c(nc(I)n2[C@@H]2O[C@@H](CO)[C@@H](O)[C@@H]2O)c(=O)[nH]1. The molecule has 0 aromatic carbocycles. The van der Waals surface area contributed by atoms with E-state index in [0.29, 0.717) is 3.83 Å². The summed E-state index contributed by atoms with van der Waals surface area (Å²) < 4.78 is 7.12. The normalized spacial score (nSPS) is 29.3. The van der Waals surface area contributed by atoms with Crippen LogP contribution in [-0.2, 0) is 4.74 Å². The van der Waals surface area contributed by atoms with Gasteiger partial charge in [0, 0.05) is 22.6 Å². The van der Waals surface area contributed by atoms with E-state index in [1.807, 2.05) is 22.6 Å². The van der Waals surface area contributed by atoms with E-state index in [4.69, 9.17) is 15.6 Å². The third-order valence-corrected chi connectivity index (χ3v) is 4.06. The largest absolute Gasteiger partial charge is 0.394 e. The molecule has 1 saturated heterocycles. The first-order valence-electron chi connectivity index (χ1n) is 5.99. The maximum absolute atomic E-state index is 11.8. The van der Waals surface area contributed by atoms with Crippen LogP contribution in [0.2, 0.25) is 0 Å². The molecule has 1 aliphatic heterocycles. The van der Waals surface area contributed by atoms with Crippen LogP contribution in [0.1, 0.15) is 6.23 Å². The fraction of sp³-hybridized carbons (Fsp3) is 0.500. The Hall–Kier alpha value is -1.28. The Morgan fingerprint density at radius 1 is 1.38 bits per heavy atom. The maximum Gasteiger partial charge on any atom is 0.280 e. The van der Waals surface area contributed by atoms with Crippen LogP contribution in [0.4, 0.5) is 5.95 Å². The average Bonchev–Trinajstić information content (AvgIpc) is 2.89. The second-order valence-electron chi connectivity index (χ2n) is 4.60. The first kappa shape index (κ1) is 14.6. The zero-order chi connectivity index (χ0) is 15.3. The molecule has 0 unspecified atom stereocenters. The fourth-order valence-corrected chi connectivity index (χ4v) is 3.04. The molecule has 1 fully saturated rings. The zero-order valence-electron chi connectivity index (χ0n) is 10.5. The molecule has 4 atom stereocenters. The van der Waals surface area contributed by atoms with Crippen LogP contribution >= 0.6 is 22.6 Å².